The van der Waals surface area contributed by atoms with E-state index in [9.17, 15) is 4.79 Å². The van der Waals surface area contributed by atoms with Crippen LogP contribution in [-0.4, -0.2) is 6.29 Å². The summed E-state index contributed by atoms with van der Waals surface area (Å²) in [5, 5.41) is 0. The van der Waals surface area contributed by atoms with Crippen molar-refractivity contribution >= 4 is 39.6 Å². The molecule has 2 aromatic rings. The van der Waals surface area contributed by atoms with Crippen LogP contribution in [0.3, 0.4) is 0 Å². The number of hydrogen-bond donors (Lipinski definition) is 0. The summed E-state index contributed by atoms with van der Waals surface area (Å²) in [6.45, 7) is 0. The number of allylic oxidation sites excluding steroid dienone is 1. The van der Waals surface area contributed by atoms with Gasteiger partial charge in [0.25, 0.3) is 0 Å². The molecule has 80 valence electrons. The normalized spacial score (nSPS) is 10.8. The lowest BCUT2D eigenvalue weighted by Gasteiger charge is -1.99. The molecule has 1 nitrogen and oxygen atoms in total. The standard InChI is InChI=1S/C13H9BrOS/c14-12-6-2-1-5-11(12)13-8-7-10(16-13)4-3-9-15/h1-9H. The first-order valence-electron chi connectivity index (χ1n) is 4.78. The van der Waals surface area contributed by atoms with Gasteiger partial charge in [-0.25, -0.2) is 0 Å². The summed E-state index contributed by atoms with van der Waals surface area (Å²) in [4.78, 5) is 12.5. The minimum Gasteiger partial charge on any atom is -0.299 e. The van der Waals surface area contributed by atoms with E-state index in [0.29, 0.717) is 0 Å². The van der Waals surface area contributed by atoms with Gasteiger partial charge in [0.05, 0.1) is 0 Å². The lowest BCUT2D eigenvalue weighted by Crippen LogP contribution is -1.72. The SMILES string of the molecule is O=CC=Cc1ccc(-c2ccccc2Br)s1. The fourth-order valence-electron chi connectivity index (χ4n) is 1.38. The first kappa shape index (κ1) is 11.3. The van der Waals surface area contributed by atoms with Crippen molar-refractivity contribution in [2.24, 2.45) is 0 Å². The first-order chi connectivity index (χ1) is 7.81. The van der Waals surface area contributed by atoms with Crippen molar-refractivity contribution in [2.45, 2.75) is 0 Å². The van der Waals surface area contributed by atoms with Crippen LogP contribution in [0.1, 0.15) is 4.88 Å². The molecule has 0 spiro atoms. The number of aldehydes is 1. The van der Waals surface area contributed by atoms with Crippen LogP contribution in [0.2, 0.25) is 0 Å². The van der Waals surface area contributed by atoms with Crippen molar-refractivity contribution in [3.63, 3.8) is 0 Å². The maximum atomic E-state index is 10.2. The van der Waals surface area contributed by atoms with E-state index in [4.69, 9.17) is 0 Å². The van der Waals surface area contributed by atoms with Gasteiger partial charge in [-0.3, -0.25) is 4.79 Å². The molecular weight excluding hydrogens is 284 g/mol. The Bertz CT molecular complexity index is 528. The highest BCUT2D eigenvalue weighted by molar-refractivity contribution is 9.10. The quantitative estimate of drug-likeness (QED) is 0.606. The van der Waals surface area contributed by atoms with Crippen LogP contribution in [0.25, 0.3) is 16.5 Å². The van der Waals surface area contributed by atoms with Crippen LogP contribution in [0.15, 0.2) is 46.9 Å². The van der Waals surface area contributed by atoms with Gasteiger partial charge in [-0.05, 0) is 30.4 Å². The Morgan fingerprint density at radius 1 is 1.12 bits per heavy atom. The minimum absolute atomic E-state index is 0.790. The number of hydrogen-bond acceptors (Lipinski definition) is 2. The summed E-state index contributed by atoms with van der Waals surface area (Å²) >= 11 is 5.19. The van der Waals surface area contributed by atoms with Gasteiger partial charge >= 0.3 is 0 Å². The summed E-state index contributed by atoms with van der Waals surface area (Å²) < 4.78 is 1.09. The van der Waals surface area contributed by atoms with E-state index in [1.165, 1.54) is 16.5 Å². The molecule has 1 aromatic carbocycles. The Morgan fingerprint density at radius 3 is 2.69 bits per heavy atom. The molecule has 0 radical (unpaired) electrons. The average Bonchev–Trinajstić information content (AvgIpc) is 2.75. The van der Waals surface area contributed by atoms with E-state index < -0.39 is 0 Å². The fraction of sp³-hybridized carbons (Fsp3) is 0. The van der Waals surface area contributed by atoms with Gasteiger partial charge < -0.3 is 0 Å². The number of carbonyl (C=O) groups excluding carboxylic acids is 1. The van der Waals surface area contributed by atoms with E-state index in [1.54, 1.807) is 11.3 Å². The van der Waals surface area contributed by atoms with Crippen molar-refractivity contribution < 1.29 is 4.79 Å². The third-order valence-corrected chi connectivity index (χ3v) is 3.88. The number of carbonyl (C=O) groups is 1. The lowest BCUT2D eigenvalue weighted by molar-refractivity contribution is -0.104. The van der Waals surface area contributed by atoms with Gasteiger partial charge in [-0.1, -0.05) is 34.1 Å². The molecule has 0 fully saturated rings. The first-order valence-corrected chi connectivity index (χ1v) is 6.39. The Labute approximate surface area is 107 Å². The molecule has 3 heteroatoms. The zero-order valence-electron chi connectivity index (χ0n) is 8.39. The zero-order valence-corrected chi connectivity index (χ0v) is 10.8. The van der Waals surface area contributed by atoms with Gasteiger partial charge in [0, 0.05) is 19.8 Å². The summed E-state index contributed by atoms with van der Waals surface area (Å²) in [6, 6.07) is 12.2. The predicted octanol–water partition coefficient (Wildman–Crippen LogP) is 4.39. The van der Waals surface area contributed by atoms with Gasteiger partial charge in [-0.15, -0.1) is 11.3 Å². The molecule has 0 saturated heterocycles. The molecule has 0 atom stereocenters. The summed E-state index contributed by atoms with van der Waals surface area (Å²) in [6.07, 6.45) is 4.12. The highest BCUT2D eigenvalue weighted by Gasteiger charge is 2.04. The molecule has 0 aliphatic carbocycles. The van der Waals surface area contributed by atoms with Crippen molar-refractivity contribution in [1.82, 2.24) is 0 Å². The second-order valence-electron chi connectivity index (χ2n) is 3.18. The Hall–Kier alpha value is -1.19. The molecule has 0 aliphatic rings. The third-order valence-electron chi connectivity index (χ3n) is 2.11. The molecule has 1 heterocycles. The maximum Gasteiger partial charge on any atom is 0.142 e. The molecule has 2 rings (SSSR count). The summed E-state index contributed by atoms with van der Waals surface area (Å²) in [7, 11) is 0. The van der Waals surface area contributed by atoms with Crippen LogP contribution in [-0.2, 0) is 4.79 Å². The highest BCUT2D eigenvalue weighted by atomic mass is 79.9. The third kappa shape index (κ3) is 2.49. The van der Waals surface area contributed by atoms with Crippen molar-refractivity contribution in [3.05, 3.63) is 51.8 Å². The van der Waals surface area contributed by atoms with Crippen LogP contribution in [0, 0.1) is 0 Å². The monoisotopic (exact) mass is 292 g/mol. The number of thiophene rings is 1. The second kappa shape index (κ2) is 5.23. The van der Waals surface area contributed by atoms with Crippen molar-refractivity contribution in [2.75, 3.05) is 0 Å². The minimum atomic E-state index is 0.790. The molecular formula is C13H9BrOS. The second-order valence-corrected chi connectivity index (χ2v) is 5.15. The topological polar surface area (TPSA) is 17.1 Å². The molecule has 0 unspecified atom stereocenters. The number of halogens is 1. The Kier molecular flexibility index (Phi) is 3.70. The van der Waals surface area contributed by atoms with Crippen LogP contribution in [0.5, 0.6) is 0 Å². The smallest absolute Gasteiger partial charge is 0.142 e. The lowest BCUT2D eigenvalue weighted by atomic mass is 10.2. The Balaban J connectivity index is 2.35. The average molecular weight is 293 g/mol. The van der Waals surface area contributed by atoms with Crippen LogP contribution < -0.4 is 0 Å². The van der Waals surface area contributed by atoms with Crippen molar-refractivity contribution in [3.8, 4) is 10.4 Å². The summed E-state index contributed by atoms with van der Waals surface area (Å²) in [5.74, 6) is 0. The van der Waals surface area contributed by atoms with Crippen LogP contribution >= 0.6 is 27.3 Å². The fourth-order valence-corrected chi connectivity index (χ4v) is 2.97. The largest absolute Gasteiger partial charge is 0.299 e. The van der Waals surface area contributed by atoms with Gasteiger partial charge in [0.15, 0.2) is 0 Å². The van der Waals surface area contributed by atoms with E-state index in [0.717, 1.165) is 15.6 Å². The van der Waals surface area contributed by atoms with Gasteiger partial charge in [0.2, 0.25) is 0 Å². The number of benzene rings is 1. The molecule has 1 aromatic heterocycles. The molecule has 0 aliphatic heterocycles. The van der Waals surface area contributed by atoms with Crippen molar-refractivity contribution in [1.29, 1.82) is 0 Å². The number of rotatable bonds is 3. The predicted molar refractivity (Wildman–Crippen MR) is 72.6 cm³/mol. The molecule has 0 saturated carbocycles. The zero-order chi connectivity index (χ0) is 11.4. The van der Waals surface area contributed by atoms with Crippen LogP contribution in [0.4, 0.5) is 0 Å². The van der Waals surface area contributed by atoms with Gasteiger partial charge in [-0.2, -0.15) is 0 Å². The maximum absolute atomic E-state index is 10.2. The van der Waals surface area contributed by atoms with E-state index in [2.05, 4.69) is 28.1 Å². The van der Waals surface area contributed by atoms with E-state index in [-0.39, 0.29) is 0 Å². The molecule has 0 N–H and O–H groups in total. The van der Waals surface area contributed by atoms with E-state index in [1.807, 2.05) is 30.3 Å². The van der Waals surface area contributed by atoms with Gasteiger partial charge in [0.1, 0.15) is 6.29 Å². The molecule has 0 amide bonds. The summed E-state index contributed by atoms with van der Waals surface area (Å²) in [5.41, 5.74) is 1.18. The molecule has 16 heavy (non-hydrogen) atoms. The highest BCUT2D eigenvalue weighted by Crippen LogP contribution is 2.33. The van der Waals surface area contributed by atoms with E-state index >= 15 is 0 Å². The molecule has 0 bridgehead atoms. The Morgan fingerprint density at radius 2 is 1.94 bits per heavy atom.